The normalized spacial score (nSPS) is 12.2. The number of nitrogens with one attached hydrogen (secondary N) is 1. The molecule has 0 aliphatic rings. The number of aromatic nitrogens is 1. The van der Waals surface area contributed by atoms with Gasteiger partial charge in [-0.15, -0.1) is 0 Å². The first-order valence-corrected chi connectivity index (χ1v) is 8.67. The maximum absolute atomic E-state index is 13.9. The summed E-state index contributed by atoms with van der Waals surface area (Å²) in [6, 6.07) is 13.8. The van der Waals surface area contributed by atoms with E-state index in [0.29, 0.717) is 6.04 Å². The van der Waals surface area contributed by atoms with Crippen molar-refractivity contribution in [2.75, 3.05) is 0 Å². The van der Waals surface area contributed by atoms with E-state index in [1.165, 1.54) is 12.1 Å². The minimum absolute atomic E-state index is 0.158. The van der Waals surface area contributed by atoms with Crippen LogP contribution in [-0.4, -0.2) is 16.7 Å². The molecule has 0 unspecified atom stereocenters. The van der Waals surface area contributed by atoms with Gasteiger partial charge in [-0.1, -0.05) is 25.1 Å². The summed E-state index contributed by atoms with van der Waals surface area (Å²) in [6.07, 6.45) is 4.54. The summed E-state index contributed by atoms with van der Waals surface area (Å²) in [5, 5.41) is 13.8. The van der Waals surface area contributed by atoms with Crippen LogP contribution in [0.15, 0.2) is 53.8 Å². The number of halogens is 1. The smallest absolute Gasteiger partial charge is 0.274 e. The molecule has 3 rings (SSSR count). The van der Waals surface area contributed by atoms with E-state index < -0.39 is 11.7 Å². The van der Waals surface area contributed by atoms with Crippen LogP contribution in [0.3, 0.4) is 0 Å². The SMILES string of the molecule is CC[C@@H](C)n1cc(/C=N\NC(=O)c2ccc(C#N)cc2F)c2ccccc21. The third-order valence-electron chi connectivity index (χ3n) is 4.55. The lowest BCUT2D eigenvalue weighted by Crippen LogP contribution is -2.19. The Kier molecular flexibility index (Phi) is 5.32. The van der Waals surface area contributed by atoms with E-state index in [4.69, 9.17) is 5.26 Å². The zero-order valence-corrected chi connectivity index (χ0v) is 15.1. The number of fused-ring (bicyclic) bond motifs is 1. The molecule has 1 N–H and O–H groups in total. The number of benzene rings is 2. The van der Waals surface area contributed by atoms with E-state index >= 15 is 0 Å². The minimum Gasteiger partial charge on any atom is -0.344 e. The Morgan fingerprint density at radius 2 is 2.15 bits per heavy atom. The Bertz CT molecular complexity index is 1060. The predicted molar refractivity (Wildman–Crippen MR) is 103 cm³/mol. The van der Waals surface area contributed by atoms with Crippen LogP contribution >= 0.6 is 0 Å². The van der Waals surface area contributed by atoms with Crippen molar-refractivity contribution < 1.29 is 9.18 Å². The van der Waals surface area contributed by atoms with Gasteiger partial charge in [-0.25, -0.2) is 9.82 Å². The highest BCUT2D eigenvalue weighted by Gasteiger charge is 2.13. The Hall–Kier alpha value is -3.46. The van der Waals surface area contributed by atoms with Gasteiger partial charge in [0.2, 0.25) is 0 Å². The number of hydrogen-bond acceptors (Lipinski definition) is 3. The summed E-state index contributed by atoms with van der Waals surface area (Å²) in [6.45, 7) is 4.27. The molecule has 2 aromatic carbocycles. The minimum atomic E-state index is -0.755. The molecule has 0 bridgehead atoms. The maximum Gasteiger partial charge on any atom is 0.274 e. The molecule has 0 saturated heterocycles. The largest absolute Gasteiger partial charge is 0.344 e. The topological polar surface area (TPSA) is 70.2 Å². The van der Waals surface area contributed by atoms with Gasteiger partial charge in [0, 0.05) is 28.7 Å². The van der Waals surface area contributed by atoms with Gasteiger partial charge in [-0.2, -0.15) is 10.4 Å². The van der Waals surface area contributed by atoms with Crippen molar-refractivity contribution in [2.24, 2.45) is 5.10 Å². The molecule has 0 fully saturated rings. The van der Waals surface area contributed by atoms with Crippen molar-refractivity contribution in [1.82, 2.24) is 9.99 Å². The number of nitriles is 1. The van der Waals surface area contributed by atoms with Crippen molar-refractivity contribution in [2.45, 2.75) is 26.3 Å². The molecule has 0 saturated carbocycles. The fraction of sp³-hybridized carbons (Fsp3) is 0.190. The molecule has 1 amide bonds. The van der Waals surface area contributed by atoms with Crippen LogP contribution in [0, 0.1) is 17.1 Å². The highest BCUT2D eigenvalue weighted by Crippen LogP contribution is 2.24. The fourth-order valence-electron chi connectivity index (χ4n) is 2.89. The zero-order valence-electron chi connectivity index (χ0n) is 15.1. The maximum atomic E-state index is 13.9. The number of hydrogen-bond donors (Lipinski definition) is 1. The molecule has 136 valence electrons. The van der Waals surface area contributed by atoms with E-state index in [9.17, 15) is 9.18 Å². The van der Waals surface area contributed by atoms with Crippen LogP contribution in [-0.2, 0) is 0 Å². The summed E-state index contributed by atoms with van der Waals surface area (Å²) in [5.74, 6) is -1.42. The van der Waals surface area contributed by atoms with Crippen LogP contribution in [0.4, 0.5) is 4.39 Å². The number of amides is 1. The molecule has 27 heavy (non-hydrogen) atoms. The molecule has 0 aliphatic heterocycles. The molecule has 1 aromatic heterocycles. The number of carbonyl (C=O) groups excluding carboxylic acids is 1. The molecule has 0 spiro atoms. The number of nitrogens with zero attached hydrogens (tertiary/aromatic N) is 3. The molecule has 5 nitrogen and oxygen atoms in total. The van der Waals surface area contributed by atoms with Gasteiger partial charge in [-0.3, -0.25) is 4.79 Å². The predicted octanol–water partition coefficient (Wildman–Crippen LogP) is 4.39. The molecule has 1 atom stereocenters. The lowest BCUT2D eigenvalue weighted by atomic mass is 10.1. The lowest BCUT2D eigenvalue weighted by molar-refractivity contribution is 0.0951. The highest BCUT2D eigenvalue weighted by atomic mass is 19.1. The van der Waals surface area contributed by atoms with E-state index in [-0.39, 0.29) is 11.1 Å². The Morgan fingerprint density at radius 3 is 2.85 bits per heavy atom. The average molecular weight is 362 g/mol. The highest BCUT2D eigenvalue weighted by molar-refractivity contribution is 6.00. The molecule has 0 radical (unpaired) electrons. The Balaban J connectivity index is 1.83. The second-order valence-corrected chi connectivity index (χ2v) is 6.27. The first-order valence-electron chi connectivity index (χ1n) is 8.67. The number of hydrazone groups is 1. The van der Waals surface area contributed by atoms with Gasteiger partial charge in [-0.05, 0) is 37.6 Å². The lowest BCUT2D eigenvalue weighted by Gasteiger charge is -2.12. The van der Waals surface area contributed by atoms with Crippen molar-refractivity contribution >= 4 is 23.0 Å². The summed E-state index contributed by atoms with van der Waals surface area (Å²) in [7, 11) is 0. The molecular formula is C21H19FN4O. The number of rotatable bonds is 5. The first-order chi connectivity index (χ1) is 13.0. The quantitative estimate of drug-likeness (QED) is 0.540. The van der Waals surface area contributed by atoms with Gasteiger partial charge in [0.05, 0.1) is 23.4 Å². The van der Waals surface area contributed by atoms with E-state index in [2.05, 4.69) is 28.9 Å². The third-order valence-corrected chi connectivity index (χ3v) is 4.55. The van der Waals surface area contributed by atoms with E-state index in [1.807, 2.05) is 36.5 Å². The second-order valence-electron chi connectivity index (χ2n) is 6.27. The monoisotopic (exact) mass is 362 g/mol. The van der Waals surface area contributed by atoms with Crippen LogP contribution in [0.5, 0.6) is 0 Å². The number of carbonyl (C=O) groups is 1. The van der Waals surface area contributed by atoms with Crippen molar-refractivity contribution in [3.05, 3.63) is 71.2 Å². The molecule has 1 heterocycles. The van der Waals surface area contributed by atoms with Crippen molar-refractivity contribution in [3.8, 4) is 6.07 Å². The number of para-hydroxylation sites is 1. The van der Waals surface area contributed by atoms with Gasteiger partial charge in [0.25, 0.3) is 5.91 Å². The van der Waals surface area contributed by atoms with Crippen LogP contribution in [0.1, 0.15) is 47.8 Å². The second kappa shape index (κ2) is 7.83. The van der Waals surface area contributed by atoms with E-state index in [1.54, 1.807) is 6.21 Å². The Labute approximate surface area is 156 Å². The van der Waals surface area contributed by atoms with Gasteiger partial charge in [0.15, 0.2) is 0 Å². The molecule has 0 aliphatic carbocycles. The Morgan fingerprint density at radius 1 is 1.37 bits per heavy atom. The van der Waals surface area contributed by atoms with Crippen molar-refractivity contribution in [3.63, 3.8) is 0 Å². The summed E-state index contributed by atoms with van der Waals surface area (Å²) >= 11 is 0. The molecule has 3 aromatic rings. The standard InChI is InChI=1S/C21H19FN4O/c1-3-14(2)26-13-16(17-6-4-5-7-20(17)26)12-24-25-21(27)18-9-8-15(11-23)10-19(18)22/h4-10,12-14H,3H2,1-2H3,(H,25,27)/b24-12-/t14-/m1/s1. The van der Waals surface area contributed by atoms with Crippen LogP contribution < -0.4 is 5.43 Å². The van der Waals surface area contributed by atoms with Crippen molar-refractivity contribution in [1.29, 1.82) is 5.26 Å². The van der Waals surface area contributed by atoms with Crippen LogP contribution in [0.2, 0.25) is 0 Å². The van der Waals surface area contributed by atoms with Gasteiger partial charge < -0.3 is 4.57 Å². The van der Waals surface area contributed by atoms with Gasteiger partial charge >= 0.3 is 0 Å². The average Bonchev–Trinajstić information content (AvgIpc) is 3.06. The third kappa shape index (κ3) is 3.72. The van der Waals surface area contributed by atoms with Crippen LogP contribution in [0.25, 0.3) is 10.9 Å². The summed E-state index contributed by atoms with van der Waals surface area (Å²) < 4.78 is 16.1. The van der Waals surface area contributed by atoms with Gasteiger partial charge in [0.1, 0.15) is 5.82 Å². The summed E-state index contributed by atoms with van der Waals surface area (Å²) in [4.78, 5) is 12.1. The summed E-state index contributed by atoms with van der Waals surface area (Å²) in [5.41, 5.74) is 4.30. The fourth-order valence-corrected chi connectivity index (χ4v) is 2.89. The molecular weight excluding hydrogens is 343 g/mol. The first kappa shape index (κ1) is 18.3. The zero-order chi connectivity index (χ0) is 19.4. The van der Waals surface area contributed by atoms with E-state index in [0.717, 1.165) is 29.0 Å². The molecule has 6 heteroatoms.